The van der Waals surface area contributed by atoms with Gasteiger partial charge in [-0.25, -0.2) is 4.68 Å². The molecule has 2 saturated heterocycles. The number of likely N-dealkylation sites (tertiary alicyclic amines) is 1. The van der Waals surface area contributed by atoms with Gasteiger partial charge in [0.15, 0.2) is 0 Å². The van der Waals surface area contributed by atoms with Gasteiger partial charge in [0.2, 0.25) is 0 Å². The molecule has 1 aliphatic carbocycles. The van der Waals surface area contributed by atoms with Crippen molar-refractivity contribution in [2.45, 2.75) is 50.3 Å². The zero-order valence-corrected chi connectivity index (χ0v) is 13.4. The van der Waals surface area contributed by atoms with E-state index in [1.54, 1.807) is 10.7 Å². The smallest absolute Gasteiger partial charge is 0.266 e. The quantitative estimate of drug-likeness (QED) is 0.880. The van der Waals surface area contributed by atoms with Crippen molar-refractivity contribution in [1.82, 2.24) is 14.7 Å². The standard InChI is InChI=1S/C17H25N3O3/c21-16-11-23-10-15(16)19-7-5-12(6-8-19)9-20-17(22)4-3-14(18-20)13-1-2-13/h3-4,12-13,15-16,21H,1-2,5-11H2. The summed E-state index contributed by atoms with van der Waals surface area (Å²) in [5, 5.41) is 14.5. The van der Waals surface area contributed by atoms with Crippen molar-refractivity contribution in [3.8, 4) is 0 Å². The minimum Gasteiger partial charge on any atom is -0.389 e. The fourth-order valence-corrected chi connectivity index (χ4v) is 3.78. The largest absolute Gasteiger partial charge is 0.389 e. The van der Waals surface area contributed by atoms with E-state index in [1.807, 2.05) is 6.07 Å². The molecule has 126 valence electrons. The van der Waals surface area contributed by atoms with Crippen LogP contribution in [0.5, 0.6) is 0 Å². The molecular formula is C17H25N3O3. The molecule has 0 spiro atoms. The molecule has 6 heteroatoms. The Morgan fingerprint density at radius 1 is 1.17 bits per heavy atom. The van der Waals surface area contributed by atoms with Crippen LogP contribution < -0.4 is 5.56 Å². The highest BCUT2D eigenvalue weighted by atomic mass is 16.5. The lowest BCUT2D eigenvalue weighted by molar-refractivity contribution is 0.0557. The van der Waals surface area contributed by atoms with Crippen molar-refractivity contribution in [3.05, 3.63) is 28.2 Å². The summed E-state index contributed by atoms with van der Waals surface area (Å²) in [6, 6.07) is 3.71. The van der Waals surface area contributed by atoms with E-state index in [4.69, 9.17) is 4.74 Å². The molecule has 2 atom stereocenters. The summed E-state index contributed by atoms with van der Waals surface area (Å²) in [6.07, 6.45) is 4.15. The van der Waals surface area contributed by atoms with Crippen molar-refractivity contribution < 1.29 is 9.84 Å². The van der Waals surface area contributed by atoms with E-state index in [0.29, 0.717) is 25.0 Å². The number of nitrogens with zero attached hydrogens (tertiary/aromatic N) is 3. The molecule has 0 radical (unpaired) electrons. The van der Waals surface area contributed by atoms with Crippen molar-refractivity contribution >= 4 is 0 Å². The van der Waals surface area contributed by atoms with E-state index >= 15 is 0 Å². The van der Waals surface area contributed by atoms with Crippen LogP contribution in [-0.4, -0.2) is 58.2 Å². The number of hydrogen-bond acceptors (Lipinski definition) is 5. The van der Waals surface area contributed by atoms with Gasteiger partial charge >= 0.3 is 0 Å². The highest BCUT2D eigenvalue weighted by Crippen LogP contribution is 2.38. The van der Waals surface area contributed by atoms with Gasteiger partial charge in [-0.1, -0.05) is 0 Å². The highest BCUT2D eigenvalue weighted by molar-refractivity contribution is 5.12. The Balaban J connectivity index is 1.36. The molecule has 23 heavy (non-hydrogen) atoms. The third kappa shape index (κ3) is 3.34. The average Bonchev–Trinajstić information content (AvgIpc) is 3.32. The van der Waals surface area contributed by atoms with E-state index in [1.165, 1.54) is 12.8 Å². The Bertz CT molecular complexity index is 605. The molecule has 1 saturated carbocycles. The van der Waals surface area contributed by atoms with Gasteiger partial charge in [0.05, 0.1) is 31.1 Å². The van der Waals surface area contributed by atoms with E-state index in [2.05, 4.69) is 10.00 Å². The van der Waals surface area contributed by atoms with Crippen LogP contribution in [0.4, 0.5) is 0 Å². The molecule has 4 rings (SSSR count). The lowest BCUT2D eigenvalue weighted by Crippen LogP contribution is -2.47. The number of hydrogen-bond donors (Lipinski definition) is 1. The second-order valence-corrected chi connectivity index (χ2v) is 7.20. The average molecular weight is 319 g/mol. The van der Waals surface area contributed by atoms with Crippen LogP contribution in [0.15, 0.2) is 16.9 Å². The lowest BCUT2D eigenvalue weighted by Gasteiger charge is -2.36. The van der Waals surface area contributed by atoms with Crippen LogP contribution in [0.1, 0.15) is 37.3 Å². The van der Waals surface area contributed by atoms with E-state index < -0.39 is 0 Å². The molecule has 6 nitrogen and oxygen atoms in total. The highest BCUT2D eigenvalue weighted by Gasteiger charge is 2.34. The molecule has 0 aromatic carbocycles. The predicted molar refractivity (Wildman–Crippen MR) is 85.4 cm³/mol. The number of ether oxygens (including phenoxy) is 1. The number of aromatic nitrogens is 2. The maximum absolute atomic E-state index is 12.0. The molecule has 3 aliphatic rings. The van der Waals surface area contributed by atoms with Crippen molar-refractivity contribution in [2.75, 3.05) is 26.3 Å². The Kier molecular flexibility index (Phi) is 4.22. The van der Waals surface area contributed by atoms with Gasteiger partial charge in [0.25, 0.3) is 5.56 Å². The second-order valence-electron chi connectivity index (χ2n) is 7.20. The van der Waals surface area contributed by atoms with Gasteiger partial charge in [-0.15, -0.1) is 0 Å². The molecule has 1 aromatic heterocycles. The number of rotatable bonds is 4. The maximum Gasteiger partial charge on any atom is 0.266 e. The van der Waals surface area contributed by atoms with E-state index in [9.17, 15) is 9.90 Å². The first-order chi connectivity index (χ1) is 11.2. The van der Waals surface area contributed by atoms with Gasteiger partial charge in [0, 0.05) is 18.5 Å². The Hall–Kier alpha value is -1.24. The summed E-state index contributed by atoms with van der Waals surface area (Å²) >= 11 is 0. The van der Waals surface area contributed by atoms with Gasteiger partial charge in [-0.05, 0) is 50.8 Å². The summed E-state index contributed by atoms with van der Waals surface area (Å²) in [5.41, 5.74) is 1.09. The minimum atomic E-state index is -0.356. The first-order valence-electron chi connectivity index (χ1n) is 8.78. The van der Waals surface area contributed by atoms with Crippen LogP contribution in [0, 0.1) is 5.92 Å². The van der Waals surface area contributed by atoms with Crippen LogP contribution in [0.25, 0.3) is 0 Å². The zero-order chi connectivity index (χ0) is 15.8. The first kappa shape index (κ1) is 15.3. The van der Waals surface area contributed by atoms with Gasteiger partial charge in [0.1, 0.15) is 0 Å². The van der Waals surface area contributed by atoms with Gasteiger partial charge < -0.3 is 9.84 Å². The molecule has 3 heterocycles. The number of aliphatic hydroxyl groups excluding tert-OH is 1. The lowest BCUT2D eigenvalue weighted by atomic mass is 9.95. The van der Waals surface area contributed by atoms with E-state index in [0.717, 1.165) is 38.2 Å². The Morgan fingerprint density at radius 3 is 2.61 bits per heavy atom. The molecular weight excluding hydrogens is 294 g/mol. The number of piperidine rings is 1. The molecule has 0 bridgehead atoms. The van der Waals surface area contributed by atoms with Crippen molar-refractivity contribution in [1.29, 1.82) is 0 Å². The summed E-state index contributed by atoms with van der Waals surface area (Å²) in [4.78, 5) is 14.4. The van der Waals surface area contributed by atoms with Gasteiger partial charge in [-0.3, -0.25) is 9.69 Å². The van der Waals surface area contributed by atoms with Crippen molar-refractivity contribution in [3.63, 3.8) is 0 Å². The normalized spacial score (nSPS) is 30.0. The number of aliphatic hydroxyl groups is 1. The third-order valence-electron chi connectivity index (χ3n) is 5.45. The van der Waals surface area contributed by atoms with Crippen molar-refractivity contribution in [2.24, 2.45) is 5.92 Å². The topological polar surface area (TPSA) is 67.6 Å². The van der Waals surface area contributed by atoms with Crippen LogP contribution in [-0.2, 0) is 11.3 Å². The maximum atomic E-state index is 12.0. The Labute approximate surface area is 136 Å². The minimum absolute atomic E-state index is 0.0106. The summed E-state index contributed by atoms with van der Waals surface area (Å²) in [7, 11) is 0. The SMILES string of the molecule is O=c1ccc(C2CC2)nn1CC1CCN(C2COCC2O)CC1. The second kappa shape index (κ2) is 6.34. The summed E-state index contributed by atoms with van der Waals surface area (Å²) < 4.78 is 7.02. The predicted octanol–water partition coefficient (Wildman–Crippen LogP) is 0.592. The van der Waals surface area contributed by atoms with Crippen LogP contribution in [0.2, 0.25) is 0 Å². The fraction of sp³-hybridized carbons (Fsp3) is 0.765. The van der Waals surface area contributed by atoms with E-state index in [-0.39, 0.29) is 17.7 Å². The molecule has 1 aromatic rings. The Morgan fingerprint density at radius 2 is 1.96 bits per heavy atom. The monoisotopic (exact) mass is 319 g/mol. The molecule has 2 aliphatic heterocycles. The third-order valence-corrected chi connectivity index (χ3v) is 5.45. The molecule has 3 fully saturated rings. The van der Waals surface area contributed by atoms with Crippen LogP contribution >= 0.6 is 0 Å². The molecule has 1 N–H and O–H groups in total. The van der Waals surface area contributed by atoms with Gasteiger partial charge in [-0.2, -0.15) is 5.10 Å². The molecule has 0 amide bonds. The first-order valence-corrected chi connectivity index (χ1v) is 8.78. The van der Waals surface area contributed by atoms with Crippen LogP contribution in [0.3, 0.4) is 0 Å². The summed E-state index contributed by atoms with van der Waals surface area (Å²) in [5.74, 6) is 1.07. The summed E-state index contributed by atoms with van der Waals surface area (Å²) in [6.45, 7) is 3.74. The fourth-order valence-electron chi connectivity index (χ4n) is 3.78. The zero-order valence-electron chi connectivity index (χ0n) is 13.4. The molecule has 2 unspecified atom stereocenters.